The molecular weight excluding hydrogens is 442 g/mol. The number of rotatable bonds is 8. The number of carbonyl (C=O) groups is 2. The fraction of sp³-hybridized carbons (Fsp3) is 0.448. The summed E-state index contributed by atoms with van der Waals surface area (Å²) in [6, 6.07) is 12.3. The highest BCUT2D eigenvalue weighted by Gasteiger charge is 2.46. The molecule has 6 heteroatoms. The van der Waals surface area contributed by atoms with Crippen LogP contribution in [-0.2, 0) is 19.7 Å². The van der Waals surface area contributed by atoms with E-state index in [1.807, 2.05) is 64.1 Å². The Bertz CT molecular complexity index is 1130. The Labute approximate surface area is 208 Å². The van der Waals surface area contributed by atoms with Crippen molar-refractivity contribution in [1.29, 1.82) is 0 Å². The third kappa shape index (κ3) is 5.59. The Balaban J connectivity index is 2.17. The van der Waals surface area contributed by atoms with Crippen LogP contribution >= 0.6 is 0 Å². The molecule has 0 bridgehead atoms. The van der Waals surface area contributed by atoms with Gasteiger partial charge >= 0.3 is 0 Å². The monoisotopic (exact) mass is 479 g/mol. The maximum Gasteiger partial charge on any atom is 0.295 e. The fourth-order valence-electron chi connectivity index (χ4n) is 4.41. The van der Waals surface area contributed by atoms with E-state index < -0.39 is 17.7 Å². The van der Waals surface area contributed by atoms with Crippen molar-refractivity contribution in [3.8, 4) is 5.75 Å². The number of carbonyl (C=O) groups excluding carboxylic acids is 2. The van der Waals surface area contributed by atoms with Gasteiger partial charge in [-0.15, -0.1) is 0 Å². The van der Waals surface area contributed by atoms with Crippen LogP contribution in [0.5, 0.6) is 5.75 Å². The van der Waals surface area contributed by atoms with Gasteiger partial charge in [-0.05, 0) is 62.4 Å². The number of benzene rings is 2. The first kappa shape index (κ1) is 26.5. The molecule has 1 N–H and O–H groups in total. The minimum absolute atomic E-state index is 0.00315. The zero-order chi connectivity index (χ0) is 25.9. The van der Waals surface area contributed by atoms with Gasteiger partial charge in [0.25, 0.3) is 11.7 Å². The van der Waals surface area contributed by atoms with Crippen molar-refractivity contribution in [2.24, 2.45) is 0 Å². The van der Waals surface area contributed by atoms with Crippen molar-refractivity contribution in [1.82, 2.24) is 4.90 Å². The van der Waals surface area contributed by atoms with Gasteiger partial charge in [0.1, 0.15) is 11.5 Å². The van der Waals surface area contributed by atoms with Crippen LogP contribution < -0.4 is 4.74 Å². The zero-order valence-electron chi connectivity index (χ0n) is 21.8. The van der Waals surface area contributed by atoms with Gasteiger partial charge in [-0.25, -0.2) is 0 Å². The highest BCUT2D eigenvalue weighted by Crippen LogP contribution is 2.41. The smallest absolute Gasteiger partial charge is 0.295 e. The van der Waals surface area contributed by atoms with E-state index in [1.54, 1.807) is 6.07 Å². The van der Waals surface area contributed by atoms with Crippen LogP contribution in [0.25, 0.3) is 5.76 Å². The minimum Gasteiger partial charge on any atom is -0.507 e. The summed E-state index contributed by atoms with van der Waals surface area (Å²) in [6.07, 6.45) is 0.00315. The third-order valence-corrected chi connectivity index (χ3v) is 6.17. The predicted octanol–water partition coefficient (Wildman–Crippen LogP) is 5.54. The molecule has 1 unspecified atom stereocenters. The average molecular weight is 480 g/mol. The zero-order valence-corrected chi connectivity index (χ0v) is 21.8. The number of hydrogen-bond donors (Lipinski definition) is 1. The topological polar surface area (TPSA) is 76.1 Å². The van der Waals surface area contributed by atoms with Gasteiger partial charge in [0.05, 0.1) is 30.9 Å². The van der Waals surface area contributed by atoms with Crippen molar-refractivity contribution in [2.75, 3.05) is 19.8 Å². The Hall–Kier alpha value is -3.12. The van der Waals surface area contributed by atoms with Crippen LogP contribution in [0.3, 0.4) is 0 Å². The number of aliphatic hydroxyl groups excluding tert-OH is 1. The van der Waals surface area contributed by atoms with Crippen LogP contribution in [0.4, 0.5) is 0 Å². The van der Waals surface area contributed by atoms with Crippen LogP contribution in [0.1, 0.15) is 69.8 Å². The fourth-order valence-corrected chi connectivity index (χ4v) is 4.41. The number of ether oxygens (including phenoxy) is 2. The first-order valence-corrected chi connectivity index (χ1v) is 12.2. The molecule has 2 aromatic carbocycles. The summed E-state index contributed by atoms with van der Waals surface area (Å²) in [6.45, 7) is 15.0. The number of hydrogen-bond acceptors (Lipinski definition) is 5. The molecule has 1 amide bonds. The van der Waals surface area contributed by atoms with E-state index in [-0.39, 0.29) is 29.4 Å². The summed E-state index contributed by atoms with van der Waals surface area (Å²) >= 11 is 0. The van der Waals surface area contributed by atoms with E-state index in [0.29, 0.717) is 18.8 Å². The van der Waals surface area contributed by atoms with Gasteiger partial charge in [-0.2, -0.15) is 0 Å². The lowest BCUT2D eigenvalue weighted by Gasteiger charge is -2.27. The lowest BCUT2D eigenvalue weighted by atomic mass is 9.84. The molecule has 1 aliphatic heterocycles. The van der Waals surface area contributed by atoms with Gasteiger partial charge in [-0.1, -0.05) is 45.0 Å². The Morgan fingerprint density at radius 1 is 1.11 bits per heavy atom. The third-order valence-electron chi connectivity index (χ3n) is 6.17. The lowest BCUT2D eigenvalue weighted by molar-refractivity contribution is -0.140. The summed E-state index contributed by atoms with van der Waals surface area (Å²) in [7, 11) is 0. The van der Waals surface area contributed by atoms with Crippen molar-refractivity contribution in [2.45, 2.75) is 66.0 Å². The largest absolute Gasteiger partial charge is 0.507 e. The molecule has 1 fully saturated rings. The molecule has 0 radical (unpaired) electrons. The van der Waals surface area contributed by atoms with Crippen molar-refractivity contribution in [3.63, 3.8) is 0 Å². The highest BCUT2D eigenvalue weighted by molar-refractivity contribution is 6.46. The Morgan fingerprint density at radius 2 is 1.80 bits per heavy atom. The number of likely N-dealkylation sites (tertiary alicyclic amines) is 1. The summed E-state index contributed by atoms with van der Waals surface area (Å²) < 4.78 is 11.5. The first-order chi connectivity index (χ1) is 16.5. The van der Waals surface area contributed by atoms with Gasteiger partial charge in [0.15, 0.2) is 0 Å². The van der Waals surface area contributed by atoms with E-state index in [2.05, 4.69) is 20.8 Å². The summed E-state index contributed by atoms with van der Waals surface area (Å²) in [5, 5.41) is 11.5. The molecule has 1 atom stereocenters. The number of Topliss-reactive ketones (excluding diaryl/α,β-unsaturated/α-hetero) is 1. The van der Waals surface area contributed by atoms with Gasteiger partial charge in [0.2, 0.25) is 0 Å². The van der Waals surface area contributed by atoms with Crippen molar-refractivity contribution >= 4 is 17.4 Å². The van der Waals surface area contributed by atoms with Crippen LogP contribution in [-0.4, -0.2) is 47.6 Å². The number of aryl methyl sites for hydroxylation is 1. The maximum absolute atomic E-state index is 13.3. The van der Waals surface area contributed by atoms with Crippen LogP contribution in [0.15, 0.2) is 48.0 Å². The van der Waals surface area contributed by atoms with Crippen LogP contribution in [0.2, 0.25) is 0 Å². The standard InChI is InChI=1S/C29H37NO5/c1-8-34-23-14-13-20(17-22(23)29(5,6)7)26(31)24-25(21-12-10-9-11-19(21)4)30(28(33)27(24)32)15-16-35-18(2)3/h9-14,17-18,25,31H,8,15-16H2,1-7H3/b26-24+. The number of ketones is 1. The Morgan fingerprint density at radius 3 is 2.40 bits per heavy atom. The summed E-state index contributed by atoms with van der Waals surface area (Å²) in [5.74, 6) is -0.767. The predicted molar refractivity (Wildman–Crippen MR) is 138 cm³/mol. The van der Waals surface area contributed by atoms with Crippen molar-refractivity contribution in [3.05, 3.63) is 70.3 Å². The lowest BCUT2D eigenvalue weighted by Crippen LogP contribution is -2.33. The average Bonchev–Trinajstić information content (AvgIpc) is 3.03. The summed E-state index contributed by atoms with van der Waals surface area (Å²) in [4.78, 5) is 28.0. The second-order valence-electron chi connectivity index (χ2n) is 10.2. The van der Waals surface area contributed by atoms with Gasteiger partial charge in [0, 0.05) is 17.7 Å². The molecule has 1 saturated heterocycles. The minimum atomic E-state index is -0.698. The molecule has 0 spiro atoms. The molecule has 188 valence electrons. The van der Waals surface area contributed by atoms with Gasteiger partial charge in [-0.3, -0.25) is 9.59 Å². The molecule has 3 rings (SSSR count). The number of amides is 1. The summed E-state index contributed by atoms with van der Waals surface area (Å²) in [5.41, 5.74) is 2.97. The molecule has 0 aromatic heterocycles. The highest BCUT2D eigenvalue weighted by atomic mass is 16.5. The molecule has 6 nitrogen and oxygen atoms in total. The van der Waals surface area contributed by atoms with E-state index in [0.717, 1.165) is 22.4 Å². The molecule has 35 heavy (non-hydrogen) atoms. The molecule has 0 aliphatic carbocycles. The second-order valence-corrected chi connectivity index (χ2v) is 10.2. The van der Waals surface area contributed by atoms with Crippen molar-refractivity contribution < 1.29 is 24.2 Å². The normalized spacial score (nSPS) is 17.9. The SMILES string of the molecule is CCOc1ccc(/C(O)=C2\C(=O)C(=O)N(CCOC(C)C)C2c2ccccc2C)cc1C(C)(C)C. The first-order valence-electron chi connectivity index (χ1n) is 12.2. The van der Waals surface area contributed by atoms with E-state index in [1.165, 1.54) is 4.90 Å². The van der Waals surface area contributed by atoms with Gasteiger partial charge < -0.3 is 19.5 Å². The van der Waals surface area contributed by atoms with E-state index in [9.17, 15) is 14.7 Å². The molecule has 1 aliphatic rings. The molecule has 2 aromatic rings. The second kappa shape index (κ2) is 10.6. The molecule has 1 heterocycles. The van der Waals surface area contributed by atoms with E-state index >= 15 is 0 Å². The maximum atomic E-state index is 13.3. The van der Waals surface area contributed by atoms with Crippen LogP contribution in [0, 0.1) is 6.92 Å². The van der Waals surface area contributed by atoms with E-state index in [4.69, 9.17) is 9.47 Å². The molecular formula is C29H37NO5. The Kier molecular flexibility index (Phi) is 8.06. The molecule has 0 saturated carbocycles. The quantitative estimate of drug-likeness (QED) is 0.306. The number of nitrogens with zero attached hydrogens (tertiary/aromatic N) is 1. The number of aliphatic hydroxyl groups is 1.